The number of hydrogen-bond acceptors (Lipinski definition) is 3. The van der Waals surface area contributed by atoms with Crippen molar-refractivity contribution < 1.29 is 13.2 Å². The van der Waals surface area contributed by atoms with Gasteiger partial charge in [-0.2, -0.15) is 4.31 Å². The van der Waals surface area contributed by atoms with Crippen LogP contribution < -0.4 is 5.32 Å². The minimum atomic E-state index is -3.71. The number of amides is 1. The van der Waals surface area contributed by atoms with Crippen LogP contribution in [0.2, 0.25) is 5.02 Å². The number of aryl methyl sites for hydroxylation is 1. The van der Waals surface area contributed by atoms with Gasteiger partial charge in [0.05, 0.1) is 21.2 Å². The summed E-state index contributed by atoms with van der Waals surface area (Å²) in [6, 6.07) is 11.6. The Morgan fingerprint density at radius 3 is 2.46 bits per heavy atom. The highest BCUT2D eigenvalue weighted by Crippen LogP contribution is 2.26. The summed E-state index contributed by atoms with van der Waals surface area (Å²) in [6.45, 7) is 2.88. The number of anilines is 1. The molecule has 2 aromatic rings. The van der Waals surface area contributed by atoms with Gasteiger partial charge < -0.3 is 5.32 Å². The minimum Gasteiger partial charge on any atom is -0.321 e. The fourth-order valence-electron chi connectivity index (χ4n) is 3.03. The highest BCUT2D eigenvalue weighted by Gasteiger charge is 2.29. The van der Waals surface area contributed by atoms with E-state index < -0.39 is 15.9 Å². The third-order valence-electron chi connectivity index (χ3n) is 4.44. The Morgan fingerprint density at radius 1 is 1.08 bits per heavy atom. The van der Waals surface area contributed by atoms with Crippen molar-refractivity contribution in [2.75, 3.05) is 18.4 Å². The SMILES string of the molecule is Cc1ccc(NC(=O)c2ccccc2S(=O)(=O)N2CCCCC2)c(Cl)c1. The fraction of sp³-hybridized carbons (Fsp3) is 0.316. The van der Waals surface area contributed by atoms with Crippen molar-refractivity contribution in [2.45, 2.75) is 31.1 Å². The van der Waals surface area contributed by atoms with E-state index in [1.165, 1.54) is 16.4 Å². The number of hydrogen-bond donors (Lipinski definition) is 1. The lowest BCUT2D eigenvalue weighted by Gasteiger charge is -2.26. The maximum absolute atomic E-state index is 13.0. The van der Waals surface area contributed by atoms with Gasteiger partial charge >= 0.3 is 0 Å². The number of benzene rings is 2. The molecule has 7 heteroatoms. The van der Waals surface area contributed by atoms with Gasteiger partial charge in [-0.3, -0.25) is 4.79 Å². The molecule has 5 nitrogen and oxygen atoms in total. The zero-order valence-corrected chi connectivity index (χ0v) is 16.1. The summed E-state index contributed by atoms with van der Waals surface area (Å²) in [4.78, 5) is 12.8. The topological polar surface area (TPSA) is 66.5 Å². The molecule has 0 spiro atoms. The first-order valence-electron chi connectivity index (χ1n) is 8.56. The van der Waals surface area contributed by atoms with Crippen molar-refractivity contribution in [3.05, 3.63) is 58.6 Å². The first-order valence-corrected chi connectivity index (χ1v) is 10.4. The average molecular weight is 393 g/mol. The van der Waals surface area contributed by atoms with E-state index in [1.54, 1.807) is 24.3 Å². The van der Waals surface area contributed by atoms with E-state index in [4.69, 9.17) is 11.6 Å². The Bertz CT molecular complexity index is 922. The normalized spacial score (nSPS) is 15.6. The van der Waals surface area contributed by atoms with Crippen molar-refractivity contribution in [1.82, 2.24) is 4.31 Å². The van der Waals surface area contributed by atoms with Gasteiger partial charge in [-0.15, -0.1) is 0 Å². The molecule has 2 aromatic carbocycles. The van der Waals surface area contributed by atoms with Crippen LogP contribution in [0.25, 0.3) is 0 Å². The first-order chi connectivity index (χ1) is 12.4. The molecule has 0 bridgehead atoms. The molecule has 1 fully saturated rings. The Kier molecular flexibility index (Phi) is 5.65. The largest absolute Gasteiger partial charge is 0.321 e. The van der Waals surface area contributed by atoms with Gasteiger partial charge in [0.2, 0.25) is 10.0 Å². The van der Waals surface area contributed by atoms with Crippen LogP contribution in [0.4, 0.5) is 5.69 Å². The number of halogens is 1. The molecular formula is C19H21ClN2O3S. The van der Waals surface area contributed by atoms with Crippen LogP contribution in [0.3, 0.4) is 0 Å². The summed E-state index contributed by atoms with van der Waals surface area (Å²) in [6.07, 6.45) is 2.71. The zero-order valence-electron chi connectivity index (χ0n) is 14.5. The Hall–Kier alpha value is -1.89. The number of carbonyl (C=O) groups is 1. The molecule has 1 amide bonds. The second-order valence-electron chi connectivity index (χ2n) is 6.40. The van der Waals surface area contributed by atoms with E-state index in [9.17, 15) is 13.2 Å². The molecule has 1 N–H and O–H groups in total. The van der Waals surface area contributed by atoms with Gasteiger partial charge in [-0.25, -0.2) is 8.42 Å². The summed E-state index contributed by atoms with van der Waals surface area (Å²) in [5.74, 6) is -0.494. The highest BCUT2D eigenvalue weighted by molar-refractivity contribution is 7.89. The van der Waals surface area contributed by atoms with E-state index in [0.29, 0.717) is 23.8 Å². The first kappa shape index (κ1) is 18.9. The van der Waals surface area contributed by atoms with Crippen LogP contribution in [0.1, 0.15) is 35.2 Å². The number of piperidine rings is 1. The van der Waals surface area contributed by atoms with Crippen LogP contribution >= 0.6 is 11.6 Å². The second-order valence-corrected chi connectivity index (χ2v) is 8.71. The van der Waals surface area contributed by atoms with E-state index >= 15 is 0 Å². The molecule has 0 radical (unpaired) electrons. The third kappa shape index (κ3) is 3.92. The van der Waals surface area contributed by atoms with Crippen LogP contribution in [-0.2, 0) is 10.0 Å². The number of rotatable bonds is 4. The number of carbonyl (C=O) groups excluding carboxylic acids is 1. The summed E-state index contributed by atoms with van der Waals surface area (Å²) in [5, 5.41) is 3.13. The standard InChI is InChI=1S/C19H21ClN2O3S/c1-14-9-10-17(16(20)13-14)21-19(23)15-7-3-4-8-18(15)26(24,25)22-11-5-2-6-12-22/h3-4,7-10,13H,2,5-6,11-12H2,1H3,(H,21,23). The van der Waals surface area contributed by atoms with Gasteiger partial charge in [0, 0.05) is 13.1 Å². The summed E-state index contributed by atoms with van der Waals surface area (Å²) >= 11 is 6.17. The van der Waals surface area contributed by atoms with E-state index in [0.717, 1.165) is 24.8 Å². The van der Waals surface area contributed by atoms with Gasteiger partial charge in [0.25, 0.3) is 5.91 Å². The summed E-state index contributed by atoms with van der Waals surface area (Å²) < 4.78 is 27.5. The molecule has 1 aliphatic rings. The third-order valence-corrected chi connectivity index (χ3v) is 6.71. The van der Waals surface area contributed by atoms with Crippen LogP contribution in [-0.4, -0.2) is 31.7 Å². The lowest BCUT2D eigenvalue weighted by molar-refractivity contribution is 0.102. The van der Waals surface area contributed by atoms with Gasteiger partial charge in [0.1, 0.15) is 0 Å². The predicted octanol–water partition coefficient (Wildman–Crippen LogP) is 4.08. The molecule has 0 saturated carbocycles. The summed E-state index contributed by atoms with van der Waals surface area (Å²) in [5.41, 5.74) is 1.54. The summed E-state index contributed by atoms with van der Waals surface area (Å²) in [7, 11) is -3.71. The average Bonchev–Trinajstić information content (AvgIpc) is 2.64. The number of sulfonamides is 1. The molecule has 1 aliphatic heterocycles. The molecule has 1 saturated heterocycles. The maximum atomic E-state index is 13.0. The molecule has 1 heterocycles. The molecule has 0 atom stereocenters. The van der Waals surface area contributed by atoms with Gasteiger partial charge in [-0.1, -0.05) is 36.2 Å². The van der Waals surface area contributed by atoms with Crippen molar-refractivity contribution >= 4 is 33.2 Å². The molecule has 0 aliphatic carbocycles. The van der Waals surface area contributed by atoms with Gasteiger partial charge in [0.15, 0.2) is 0 Å². The Balaban J connectivity index is 1.92. The van der Waals surface area contributed by atoms with Crippen LogP contribution in [0, 0.1) is 6.92 Å². The predicted molar refractivity (Wildman–Crippen MR) is 103 cm³/mol. The van der Waals surface area contributed by atoms with Crippen molar-refractivity contribution in [1.29, 1.82) is 0 Å². The molecule has 138 valence electrons. The highest BCUT2D eigenvalue weighted by atomic mass is 35.5. The lowest BCUT2D eigenvalue weighted by Crippen LogP contribution is -2.36. The molecule has 0 aromatic heterocycles. The fourth-order valence-corrected chi connectivity index (χ4v) is 5.02. The monoisotopic (exact) mass is 392 g/mol. The van der Waals surface area contributed by atoms with E-state index in [-0.39, 0.29) is 10.5 Å². The molecule has 0 unspecified atom stereocenters. The molecule has 26 heavy (non-hydrogen) atoms. The van der Waals surface area contributed by atoms with Crippen molar-refractivity contribution in [2.24, 2.45) is 0 Å². The second kappa shape index (κ2) is 7.78. The Morgan fingerprint density at radius 2 is 1.77 bits per heavy atom. The van der Waals surface area contributed by atoms with E-state index in [1.807, 2.05) is 13.0 Å². The maximum Gasteiger partial charge on any atom is 0.257 e. The number of nitrogens with one attached hydrogen (secondary N) is 1. The zero-order chi connectivity index (χ0) is 18.7. The quantitative estimate of drug-likeness (QED) is 0.852. The van der Waals surface area contributed by atoms with Crippen molar-refractivity contribution in [3.8, 4) is 0 Å². The van der Waals surface area contributed by atoms with Crippen LogP contribution in [0.15, 0.2) is 47.4 Å². The number of nitrogens with zero attached hydrogens (tertiary/aromatic N) is 1. The molecule has 3 rings (SSSR count). The smallest absolute Gasteiger partial charge is 0.257 e. The van der Waals surface area contributed by atoms with Gasteiger partial charge in [-0.05, 0) is 49.6 Å². The molecular weight excluding hydrogens is 372 g/mol. The van der Waals surface area contributed by atoms with Crippen LogP contribution in [0.5, 0.6) is 0 Å². The lowest BCUT2D eigenvalue weighted by atomic mass is 10.2. The Labute approximate surface area is 159 Å². The minimum absolute atomic E-state index is 0.0302. The van der Waals surface area contributed by atoms with E-state index in [2.05, 4.69) is 5.32 Å². The van der Waals surface area contributed by atoms with Crippen molar-refractivity contribution in [3.63, 3.8) is 0 Å².